The first-order chi connectivity index (χ1) is 10.1. The molecule has 0 saturated heterocycles. The van der Waals surface area contributed by atoms with Crippen molar-refractivity contribution in [3.05, 3.63) is 62.9 Å². The standard InChI is InChI=1S/C17H13IO3/c1-10-14-9-13(20-2)7-8-15(14)21-17(10)16(19)11-3-5-12(18)6-4-11/h3-9H,1-2H3. The van der Waals surface area contributed by atoms with Crippen molar-refractivity contribution >= 4 is 39.3 Å². The summed E-state index contributed by atoms with van der Waals surface area (Å²) in [6.45, 7) is 1.89. The lowest BCUT2D eigenvalue weighted by Crippen LogP contribution is -2.01. The van der Waals surface area contributed by atoms with Crippen LogP contribution in [0.5, 0.6) is 5.75 Å². The van der Waals surface area contributed by atoms with Gasteiger partial charge in [-0.2, -0.15) is 0 Å². The molecule has 106 valence electrons. The highest BCUT2D eigenvalue weighted by Crippen LogP contribution is 2.30. The van der Waals surface area contributed by atoms with E-state index in [9.17, 15) is 4.79 Å². The first kappa shape index (κ1) is 14.1. The zero-order valence-electron chi connectivity index (χ0n) is 11.6. The highest BCUT2D eigenvalue weighted by atomic mass is 127. The number of methoxy groups -OCH3 is 1. The molecule has 2 aromatic carbocycles. The molecular weight excluding hydrogens is 379 g/mol. The lowest BCUT2D eigenvalue weighted by atomic mass is 10.0. The van der Waals surface area contributed by atoms with E-state index in [1.807, 2.05) is 49.4 Å². The maximum absolute atomic E-state index is 12.6. The summed E-state index contributed by atoms with van der Waals surface area (Å²) < 4.78 is 12.0. The van der Waals surface area contributed by atoms with Gasteiger partial charge < -0.3 is 9.15 Å². The zero-order chi connectivity index (χ0) is 15.0. The molecule has 21 heavy (non-hydrogen) atoms. The van der Waals surface area contributed by atoms with Crippen LogP contribution in [0.3, 0.4) is 0 Å². The molecule has 3 nitrogen and oxygen atoms in total. The number of aryl methyl sites for hydroxylation is 1. The SMILES string of the molecule is COc1ccc2oc(C(=O)c3ccc(I)cc3)c(C)c2c1. The Hall–Kier alpha value is -1.82. The van der Waals surface area contributed by atoms with Crippen LogP contribution in [0.4, 0.5) is 0 Å². The number of hydrogen-bond donors (Lipinski definition) is 0. The van der Waals surface area contributed by atoms with Gasteiger partial charge in [0.05, 0.1) is 7.11 Å². The van der Waals surface area contributed by atoms with Crippen molar-refractivity contribution < 1.29 is 13.9 Å². The van der Waals surface area contributed by atoms with E-state index in [1.165, 1.54) is 0 Å². The van der Waals surface area contributed by atoms with Gasteiger partial charge >= 0.3 is 0 Å². The molecule has 0 radical (unpaired) electrons. The Kier molecular flexibility index (Phi) is 3.71. The highest BCUT2D eigenvalue weighted by molar-refractivity contribution is 14.1. The van der Waals surface area contributed by atoms with E-state index in [0.29, 0.717) is 16.9 Å². The van der Waals surface area contributed by atoms with Gasteiger partial charge in [0.15, 0.2) is 5.76 Å². The Balaban J connectivity index is 2.09. The third-order valence-corrected chi connectivity index (χ3v) is 4.18. The van der Waals surface area contributed by atoms with Crippen molar-refractivity contribution in [2.24, 2.45) is 0 Å². The molecule has 3 rings (SSSR count). The van der Waals surface area contributed by atoms with Gasteiger partial charge in [0.2, 0.25) is 5.78 Å². The number of benzene rings is 2. The van der Waals surface area contributed by atoms with E-state index in [1.54, 1.807) is 7.11 Å². The van der Waals surface area contributed by atoms with E-state index in [-0.39, 0.29) is 5.78 Å². The van der Waals surface area contributed by atoms with Crippen LogP contribution in [0.1, 0.15) is 21.7 Å². The predicted octanol–water partition coefficient (Wildman–Crippen LogP) is 4.59. The van der Waals surface area contributed by atoms with Gasteiger partial charge in [0.25, 0.3) is 0 Å². The van der Waals surface area contributed by atoms with Crippen molar-refractivity contribution in [2.45, 2.75) is 6.92 Å². The Morgan fingerprint density at radius 2 is 1.86 bits per heavy atom. The summed E-state index contributed by atoms with van der Waals surface area (Å²) in [7, 11) is 1.62. The average molecular weight is 392 g/mol. The molecule has 4 heteroatoms. The van der Waals surface area contributed by atoms with Gasteiger partial charge in [0, 0.05) is 20.1 Å². The largest absolute Gasteiger partial charge is 0.497 e. The summed E-state index contributed by atoms with van der Waals surface area (Å²) in [5, 5.41) is 0.906. The summed E-state index contributed by atoms with van der Waals surface area (Å²) in [5.41, 5.74) is 2.17. The molecule has 0 spiro atoms. The Labute approximate surface area is 136 Å². The molecule has 0 aliphatic carbocycles. The monoisotopic (exact) mass is 392 g/mol. The number of carbonyl (C=O) groups excluding carboxylic acids is 1. The summed E-state index contributed by atoms with van der Waals surface area (Å²) in [6, 6.07) is 13.0. The van der Waals surface area contributed by atoms with Crippen molar-refractivity contribution in [3.63, 3.8) is 0 Å². The van der Waals surface area contributed by atoms with E-state index < -0.39 is 0 Å². The van der Waals surface area contributed by atoms with Gasteiger partial charge in [0.1, 0.15) is 11.3 Å². The molecule has 0 bridgehead atoms. The number of halogens is 1. The van der Waals surface area contributed by atoms with Crippen molar-refractivity contribution in [2.75, 3.05) is 7.11 Å². The average Bonchev–Trinajstić information content (AvgIpc) is 2.84. The second kappa shape index (κ2) is 5.52. The van der Waals surface area contributed by atoms with Crippen LogP contribution in [0, 0.1) is 10.5 Å². The number of fused-ring (bicyclic) bond motifs is 1. The van der Waals surface area contributed by atoms with E-state index in [4.69, 9.17) is 9.15 Å². The first-order valence-electron chi connectivity index (χ1n) is 6.47. The summed E-state index contributed by atoms with van der Waals surface area (Å²) in [6.07, 6.45) is 0. The Morgan fingerprint density at radius 1 is 1.14 bits per heavy atom. The van der Waals surface area contributed by atoms with Crippen LogP contribution in [0.25, 0.3) is 11.0 Å². The molecule has 0 aliphatic rings. The predicted molar refractivity (Wildman–Crippen MR) is 90.1 cm³/mol. The summed E-state index contributed by atoms with van der Waals surface area (Å²) in [5.74, 6) is 1.04. The van der Waals surface area contributed by atoms with E-state index in [0.717, 1.165) is 20.3 Å². The molecule has 0 N–H and O–H groups in total. The van der Waals surface area contributed by atoms with Crippen LogP contribution < -0.4 is 4.74 Å². The number of hydrogen-bond acceptors (Lipinski definition) is 3. The molecule has 1 aromatic heterocycles. The minimum Gasteiger partial charge on any atom is -0.497 e. The lowest BCUT2D eigenvalue weighted by molar-refractivity contribution is 0.101. The number of ether oxygens (including phenoxy) is 1. The topological polar surface area (TPSA) is 39.4 Å². The molecule has 0 aliphatic heterocycles. The van der Waals surface area contributed by atoms with Gasteiger partial charge in [-0.15, -0.1) is 0 Å². The highest BCUT2D eigenvalue weighted by Gasteiger charge is 2.19. The van der Waals surface area contributed by atoms with Gasteiger partial charge in [-0.05, 0) is 72.0 Å². The van der Waals surface area contributed by atoms with Crippen LogP contribution in [0.2, 0.25) is 0 Å². The maximum Gasteiger partial charge on any atom is 0.228 e. The Morgan fingerprint density at radius 3 is 2.52 bits per heavy atom. The van der Waals surface area contributed by atoms with Crippen molar-refractivity contribution in [1.29, 1.82) is 0 Å². The molecule has 0 atom stereocenters. The van der Waals surface area contributed by atoms with Gasteiger partial charge in [-0.1, -0.05) is 0 Å². The number of carbonyl (C=O) groups is 1. The molecular formula is C17H13IO3. The number of rotatable bonds is 3. The normalized spacial score (nSPS) is 10.8. The molecule has 1 heterocycles. The van der Waals surface area contributed by atoms with E-state index >= 15 is 0 Å². The molecule has 0 unspecified atom stereocenters. The first-order valence-corrected chi connectivity index (χ1v) is 7.55. The quantitative estimate of drug-likeness (QED) is 0.484. The third-order valence-electron chi connectivity index (χ3n) is 3.46. The smallest absolute Gasteiger partial charge is 0.228 e. The van der Waals surface area contributed by atoms with Crippen molar-refractivity contribution in [3.8, 4) is 5.75 Å². The van der Waals surface area contributed by atoms with Crippen LogP contribution in [0.15, 0.2) is 46.9 Å². The molecule has 3 aromatic rings. The lowest BCUT2D eigenvalue weighted by Gasteiger charge is -1.99. The molecule has 0 fully saturated rings. The van der Waals surface area contributed by atoms with Gasteiger partial charge in [-0.25, -0.2) is 0 Å². The van der Waals surface area contributed by atoms with Crippen LogP contribution in [-0.4, -0.2) is 12.9 Å². The minimum absolute atomic E-state index is 0.0981. The molecule has 0 saturated carbocycles. The number of furan rings is 1. The summed E-state index contributed by atoms with van der Waals surface area (Å²) >= 11 is 2.21. The van der Waals surface area contributed by atoms with Crippen LogP contribution in [-0.2, 0) is 0 Å². The second-order valence-corrected chi connectivity index (χ2v) is 6.00. The van der Waals surface area contributed by atoms with E-state index in [2.05, 4.69) is 22.6 Å². The minimum atomic E-state index is -0.0981. The fourth-order valence-corrected chi connectivity index (χ4v) is 2.64. The zero-order valence-corrected chi connectivity index (χ0v) is 13.8. The van der Waals surface area contributed by atoms with Crippen LogP contribution >= 0.6 is 22.6 Å². The fourth-order valence-electron chi connectivity index (χ4n) is 2.28. The van der Waals surface area contributed by atoms with Gasteiger partial charge in [-0.3, -0.25) is 4.79 Å². The molecule has 0 amide bonds. The summed E-state index contributed by atoms with van der Waals surface area (Å²) in [4.78, 5) is 12.6. The fraction of sp³-hybridized carbons (Fsp3) is 0.118. The van der Waals surface area contributed by atoms with Crippen molar-refractivity contribution in [1.82, 2.24) is 0 Å². The maximum atomic E-state index is 12.6. The Bertz CT molecular complexity index is 816. The number of ketones is 1. The second-order valence-electron chi connectivity index (χ2n) is 4.75. The third kappa shape index (κ3) is 2.55.